The van der Waals surface area contributed by atoms with E-state index in [1.54, 1.807) is 0 Å². The van der Waals surface area contributed by atoms with Crippen molar-refractivity contribution in [3.8, 4) is 0 Å². The predicted octanol–water partition coefficient (Wildman–Crippen LogP) is 4.14. The molecule has 4 atom stereocenters. The Balaban J connectivity index is 2.35. The second kappa shape index (κ2) is 5.79. The first kappa shape index (κ1) is 15.4. The van der Waals surface area contributed by atoms with Crippen molar-refractivity contribution in [2.75, 3.05) is 7.11 Å². The van der Waals surface area contributed by atoms with Crippen LogP contribution in [-0.4, -0.2) is 19.2 Å². The maximum Gasteiger partial charge on any atom is 0.407 e. The zero-order chi connectivity index (χ0) is 14.9. The Morgan fingerprint density at radius 1 is 1.45 bits per heavy atom. The standard InChI is InChI=1S/C17H29NO2/c1-11(2)14-7-6-13(4)17(9-8-12(3)10-17)15(14)18-16(19)20-5/h10-11,13-15H,6-9H2,1-5H3,(H,18,19)/t13-,14-,15+,17+/m0/s1. The average molecular weight is 279 g/mol. The van der Waals surface area contributed by atoms with Crippen molar-refractivity contribution in [2.45, 2.75) is 59.4 Å². The predicted molar refractivity (Wildman–Crippen MR) is 81.5 cm³/mol. The van der Waals surface area contributed by atoms with Gasteiger partial charge in [0.25, 0.3) is 0 Å². The molecule has 0 saturated heterocycles. The minimum Gasteiger partial charge on any atom is -0.453 e. The Bertz CT molecular complexity index is 402. The molecule has 0 aromatic heterocycles. The first-order valence-corrected chi connectivity index (χ1v) is 7.93. The highest BCUT2D eigenvalue weighted by Gasteiger charge is 2.51. The normalized spacial score (nSPS) is 37.1. The van der Waals surface area contributed by atoms with Crippen LogP contribution in [0.15, 0.2) is 11.6 Å². The van der Waals surface area contributed by atoms with Gasteiger partial charge in [-0.2, -0.15) is 0 Å². The molecule has 3 nitrogen and oxygen atoms in total. The molecule has 20 heavy (non-hydrogen) atoms. The summed E-state index contributed by atoms with van der Waals surface area (Å²) in [6.07, 6.45) is 6.94. The fraction of sp³-hybridized carbons (Fsp3) is 0.824. The van der Waals surface area contributed by atoms with Gasteiger partial charge in [-0.3, -0.25) is 0 Å². The van der Waals surface area contributed by atoms with E-state index in [1.807, 2.05) is 0 Å². The lowest BCUT2D eigenvalue weighted by molar-refractivity contribution is 0.0388. The summed E-state index contributed by atoms with van der Waals surface area (Å²) in [6.45, 7) is 9.10. The third kappa shape index (κ3) is 2.59. The van der Waals surface area contributed by atoms with Crippen LogP contribution in [0.5, 0.6) is 0 Å². The smallest absolute Gasteiger partial charge is 0.407 e. The summed E-state index contributed by atoms with van der Waals surface area (Å²) in [5.41, 5.74) is 1.60. The van der Waals surface area contributed by atoms with Gasteiger partial charge < -0.3 is 10.1 Å². The largest absolute Gasteiger partial charge is 0.453 e. The molecule has 0 heterocycles. The van der Waals surface area contributed by atoms with E-state index in [0.717, 1.165) is 12.8 Å². The molecule has 2 aliphatic rings. The Kier molecular flexibility index (Phi) is 4.46. The number of allylic oxidation sites excluding steroid dienone is 1. The number of rotatable bonds is 2. The van der Waals surface area contributed by atoms with Crippen LogP contribution in [0, 0.1) is 23.2 Å². The van der Waals surface area contributed by atoms with Crippen LogP contribution in [0.25, 0.3) is 0 Å². The van der Waals surface area contributed by atoms with E-state index in [-0.39, 0.29) is 17.6 Å². The van der Waals surface area contributed by atoms with E-state index in [0.29, 0.717) is 17.8 Å². The molecule has 2 aliphatic carbocycles. The molecule has 0 aliphatic heterocycles. The van der Waals surface area contributed by atoms with Crippen molar-refractivity contribution in [1.29, 1.82) is 0 Å². The van der Waals surface area contributed by atoms with Crippen LogP contribution in [0.1, 0.15) is 53.4 Å². The van der Waals surface area contributed by atoms with E-state index in [2.05, 4.69) is 39.1 Å². The zero-order valence-corrected chi connectivity index (χ0v) is 13.5. The molecule has 3 heteroatoms. The Morgan fingerprint density at radius 3 is 2.65 bits per heavy atom. The van der Waals surface area contributed by atoms with Gasteiger partial charge in [0.05, 0.1) is 7.11 Å². The van der Waals surface area contributed by atoms with E-state index < -0.39 is 0 Å². The first-order valence-electron chi connectivity index (χ1n) is 7.93. The highest BCUT2D eigenvalue weighted by atomic mass is 16.5. The summed E-state index contributed by atoms with van der Waals surface area (Å²) in [7, 11) is 1.45. The first-order chi connectivity index (χ1) is 9.40. The maximum absolute atomic E-state index is 11.8. The van der Waals surface area contributed by atoms with Crippen LogP contribution in [0.2, 0.25) is 0 Å². The second-order valence-corrected chi connectivity index (χ2v) is 7.10. The van der Waals surface area contributed by atoms with Crippen molar-refractivity contribution < 1.29 is 9.53 Å². The molecule has 0 aromatic carbocycles. The highest BCUT2D eigenvalue weighted by molar-refractivity contribution is 5.67. The van der Waals surface area contributed by atoms with Gasteiger partial charge in [-0.1, -0.05) is 32.4 Å². The van der Waals surface area contributed by atoms with Gasteiger partial charge in [0.2, 0.25) is 0 Å². The topological polar surface area (TPSA) is 38.3 Å². The van der Waals surface area contributed by atoms with E-state index in [1.165, 1.54) is 25.5 Å². The van der Waals surface area contributed by atoms with Crippen LogP contribution < -0.4 is 5.32 Å². The van der Waals surface area contributed by atoms with Crippen LogP contribution >= 0.6 is 0 Å². The van der Waals surface area contributed by atoms with Crippen molar-refractivity contribution in [3.63, 3.8) is 0 Å². The highest BCUT2D eigenvalue weighted by Crippen LogP contribution is 2.53. The summed E-state index contributed by atoms with van der Waals surface area (Å²) in [4.78, 5) is 11.8. The van der Waals surface area contributed by atoms with Gasteiger partial charge >= 0.3 is 6.09 Å². The molecular formula is C17H29NO2. The molecule has 0 bridgehead atoms. The van der Waals surface area contributed by atoms with E-state index in [9.17, 15) is 4.79 Å². The lowest BCUT2D eigenvalue weighted by Gasteiger charge is -2.50. The number of ether oxygens (including phenoxy) is 1. The number of alkyl carbamates (subject to hydrolysis) is 1. The second-order valence-electron chi connectivity index (χ2n) is 7.10. The summed E-state index contributed by atoms with van der Waals surface area (Å²) < 4.78 is 4.88. The van der Waals surface area contributed by atoms with Gasteiger partial charge in [-0.15, -0.1) is 0 Å². The summed E-state index contributed by atoms with van der Waals surface area (Å²) >= 11 is 0. The molecule has 0 radical (unpaired) electrons. The van der Waals surface area contributed by atoms with Gasteiger partial charge in [-0.25, -0.2) is 4.79 Å². The molecule has 2 rings (SSSR count). The molecule has 1 N–H and O–H groups in total. The third-order valence-corrected chi connectivity index (χ3v) is 5.64. The van der Waals surface area contributed by atoms with Gasteiger partial charge in [0, 0.05) is 11.5 Å². The number of hydrogen-bond acceptors (Lipinski definition) is 2. The van der Waals surface area contributed by atoms with Gasteiger partial charge in [0.15, 0.2) is 0 Å². The molecule has 114 valence electrons. The molecule has 1 amide bonds. The maximum atomic E-state index is 11.8. The quantitative estimate of drug-likeness (QED) is 0.771. The molecule has 1 spiro atoms. The van der Waals surface area contributed by atoms with Crippen molar-refractivity contribution >= 4 is 6.09 Å². The van der Waals surface area contributed by atoms with Crippen LogP contribution in [0.4, 0.5) is 4.79 Å². The number of carbonyl (C=O) groups excluding carboxylic acids is 1. The minimum atomic E-state index is -0.285. The third-order valence-electron chi connectivity index (χ3n) is 5.64. The fourth-order valence-electron chi connectivity index (χ4n) is 4.38. The lowest BCUT2D eigenvalue weighted by atomic mass is 9.58. The van der Waals surface area contributed by atoms with Crippen molar-refractivity contribution in [2.24, 2.45) is 23.2 Å². The Hall–Kier alpha value is -0.990. The average Bonchev–Trinajstić information content (AvgIpc) is 2.78. The van der Waals surface area contributed by atoms with Crippen molar-refractivity contribution in [3.05, 3.63) is 11.6 Å². The Morgan fingerprint density at radius 2 is 2.15 bits per heavy atom. The Labute approximate surface area is 123 Å². The van der Waals surface area contributed by atoms with E-state index in [4.69, 9.17) is 4.74 Å². The molecule has 0 unspecified atom stereocenters. The van der Waals surface area contributed by atoms with E-state index >= 15 is 0 Å². The molecule has 1 fully saturated rings. The monoisotopic (exact) mass is 279 g/mol. The zero-order valence-electron chi connectivity index (χ0n) is 13.5. The van der Waals surface area contributed by atoms with Crippen LogP contribution in [-0.2, 0) is 4.74 Å². The van der Waals surface area contributed by atoms with Gasteiger partial charge in [0.1, 0.15) is 0 Å². The SMILES string of the molecule is COC(=O)N[C@@H]1[C@H](C(C)C)CC[C@H](C)[C@@]12C=C(C)CC2. The lowest BCUT2D eigenvalue weighted by Crippen LogP contribution is -2.57. The van der Waals surface area contributed by atoms with Crippen molar-refractivity contribution in [1.82, 2.24) is 5.32 Å². The van der Waals surface area contributed by atoms with Crippen LogP contribution in [0.3, 0.4) is 0 Å². The fourth-order valence-corrected chi connectivity index (χ4v) is 4.38. The minimum absolute atomic E-state index is 0.130. The summed E-state index contributed by atoms with van der Waals surface area (Å²) in [5.74, 6) is 1.74. The molecule has 0 aromatic rings. The molecule has 1 saturated carbocycles. The summed E-state index contributed by atoms with van der Waals surface area (Å²) in [6, 6.07) is 0.205. The number of methoxy groups -OCH3 is 1. The van der Waals surface area contributed by atoms with Gasteiger partial charge in [-0.05, 0) is 50.4 Å². The number of nitrogens with one attached hydrogen (secondary N) is 1. The number of amides is 1. The number of carbonyl (C=O) groups is 1. The number of hydrogen-bond donors (Lipinski definition) is 1. The molecular weight excluding hydrogens is 250 g/mol. The summed E-state index contributed by atoms with van der Waals surface area (Å²) in [5, 5.41) is 3.18.